The van der Waals surface area contributed by atoms with Crippen LogP contribution in [0.15, 0.2) is 77.5 Å². The van der Waals surface area contributed by atoms with Gasteiger partial charge in [0.05, 0.1) is 48.2 Å². The molecule has 0 unspecified atom stereocenters. The number of carbonyl (C=O) groups excluding carboxylic acids is 4. The molecule has 3 fully saturated rings. The first-order valence-corrected chi connectivity index (χ1v) is 24.6. The molecule has 3 aromatic carbocycles. The molecule has 1 saturated carbocycles. The molecule has 3 heterocycles. The van der Waals surface area contributed by atoms with Crippen LogP contribution in [0.2, 0.25) is 0 Å². The molecular weight excluding hydrogens is 948 g/mol. The highest BCUT2D eigenvalue weighted by Gasteiger charge is 2.64. The monoisotopic (exact) mass is 1010 g/mol. The Balaban J connectivity index is 0.813. The summed E-state index contributed by atoms with van der Waals surface area (Å²) in [5.74, 6) is -0.260. The average Bonchev–Trinajstić information content (AvgIpc) is 3.96. The molecule has 4 aromatic rings. The Morgan fingerprint density at radius 1 is 0.945 bits per heavy atom. The van der Waals surface area contributed by atoms with Crippen molar-refractivity contribution in [2.75, 3.05) is 39.4 Å². The largest absolute Gasteiger partial charge is 0.491 e. The van der Waals surface area contributed by atoms with Crippen LogP contribution in [-0.2, 0) is 31.8 Å². The van der Waals surface area contributed by atoms with Gasteiger partial charge in [-0.15, -0.1) is 0 Å². The molecule has 1 aliphatic carbocycles. The number of amides is 4. The fourth-order valence-electron chi connectivity index (χ4n) is 10.6. The summed E-state index contributed by atoms with van der Waals surface area (Å²) in [5, 5.41) is 28.7. The van der Waals surface area contributed by atoms with Crippen LogP contribution in [-0.4, -0.2) is 119 Å². The molecule has 4 amide bonds. The van der Waals surface area contributed by atoms with Crippen molar-refractivity contribution in [3.63, 3.8) is 0 Å². The second kappa shape index (κ2) is 21.9. The molecule has 0 radical (unpaired) electrons. The van der Waals surface area contributed by atoms with E-state index in [0.29, 0.717) is 49.6 Å². The van der Waals surface area contributed by atoms with Gasteiger partial charge in [-0.3, -0.25) is 24.1 Å². The number of hydrogen-bond acceptors (Lipinski definition) is 12. The number of nitrogens with one attached hydrogen (secondary N) is 3. The molecule has 73 heavy (non-hydrogen) atoms. The molecule has 4 N–H and O–H groups in total. The maximum atomic E-state index is 14.1. The number of aliphatic hydroxyl groups is 1. The van der Waals surface area contributed by atoms with Crippen LogP contribution in [0.25, 0.3) is 11.3 Å². The smallest absolute Gasteiger partial charge is 0.417 e. The van der Waals surface area contributed by atoms with Gasteiger partial charge in [0.25, 0.3) is 5.91 Å². The fraction of sp³-hybridized carbons (Fsp3) is 0.519. The van der Waals surface area contributed by atoms with Crippen molar-refractivity contribution in [3.05, 3.63) is 101 Å². The van der Waals surface area contributed by atoms with Crippen molar-refractivity contribution in [3.8, 4) is 28.9 Å². The minimum Gasteiger partial charge on any atom is -0.491 e. The molecule has 2 aliphatic heterocycles. The van der Waals surface area contributed by atoms with Gasteiger partial charge >= 0.3 is 6.18 Å². The van der Waals surface area contributed by atoms with E-state index >= 15 is 0 Å². The number of piperidine rings is 1. The maximum Gasteiger partial charge on any atom is 0.417 e. The molecule has 16 nitrogen and oxygen atoms in total. The van der Waals surface area contributed by atoms with E-state index < -0.39 is 69.7 Å². The summed E-state index contributed by atoms with van der Waals surface area (Å²) in [6, 6.07) is 16.8. The van der Waals surface area contributed by atoms with Gasteiger partial charge in [-0.1, -0.05) is 72.7 Å². The number of hydrogen-bond donors (Lipinski definition) is 4. The maximum absolute atomic E-state index is 14.1. The Morgan fingerprint density at radius 2 is 1.60 bits per heavy atom. The minimum atomic E-state index is -4.72. The van der Waals surface area contributed by atoms with E-state index in [1.54, 1.807) is 30.3 Å². The van der Waals surface area contributed by atoms with E-state index in [1.807, 2.05) is 84.6 Å². The van der Waals surface area contributed by atoms with E-state index in [0.717, 1.165) is 29.0 Å². The Bertz CT molecular complexity index is 2630. The second-order valence-electron chi connectivity index (χ2n) is 21.5. The topological polar surface area (TPSA) is 209 Å². The molecule has 0 spiro atoms. The Kier molecular flexibility index (Phi) is 16.3. The number of likely N-dealkylation sites (tertiary alicyclic amines) is 2. The highest BCUT2D eigenvalue weighted by atomic mass is 19.4. The minimum absolute atomic E-state index is 0.00956. The van der Waals surface area contributed by atoms with Crippen molar-refractivity contribution in [1.82, 2.24) is 30.7 Å². The summed E-state index contributed by atoms with van der Waals surface area (Å²) in [7, 11) is 0. The van der Waals surface area contributed by atoms with Gasteiger partial charge in [0, 0.05) is 60.6 Å². The van der Waals surface area contributed by atoms with Gasteiger partial charge in [0.1, 0.15) is 36.3 Å². The van der Waals surface area contributed by atoms with Crippen molar-refractivity contribution >= 4 is 23.6 Å². The number of oxazole rings is 1. The van der Waals surface area contributed by atoms with Gasteiger partial charge in [0.15, 0.2) is 12.2 Å². The number of nitriles is 1. The molecule has 2 saturated heterocycles. The normalized spacial score (nSPS) is 21.3. The zero-order chi connectivity index (χ0) is 53.0. The van der Waals surface area contributed by atoms with Crippen molar-refractivity contribution in [2.24, 2.45) is 16.2 Å². The molecule has 7 rings (SSSR count). The summed E-state index contributed by atoms with van der Waals surface area (Å²) in [6.45, 7) is 17.0. The first kappa shape index (κ1) is 54.3. The number of β-amino-alcohol motifs (C(OH)–C–C–N with tert-alkyl or cyclic N) is 1. The molecule has 19 heteroatoms. The number of aromatic nitrogens is 1. The lowest BCUT2D eigenvalue weighted by Crippen LogP contribution is -2.74. The number of carbonyl (C=O) groups is 4. The van der Waals surface area contributed by atoms with Crippen molar-refractivity contribution in [2.45, 2.75) is 124 Å². The highest BCUT2D eigenvalue weighted by molar-refractivity contribution is 5.95. The first-order valence-electron chi connectivity index (χ1n) is 24.6. The van der Waals surface area contributed by atoms with Crippen LogP contribution in [0.5, 0.6) is 11.5 Å². The van der Waals surface area contributed by atoms with E-state index in [1.165, 1.54) is 17.4 Å². The number of nitrogens with zero attached hydrogens (tertiary/aromatic N) is 4. The number of ether oxygens (including phenoxy) is 3. The number of aryl methyl sites for hydroxylation is 1. The predicted molar refractivity (Wildman–Crippen MR) is 263 cm³/mol. The number of alkyl halides is 3. The van der Waals surface area contributed by atoms with Gasteiger partial charge < -0.3 is 44.6 Å². The van der Waals surface area contributed by atoms with Gasteiger partial charge in [-0.2, -0.15) is 18.4 Å². The Morgan fingerprint density at radius 3 is 2.21 bits per heavy atom. The van der Waals surface area contributed by atoms with Crippen LogP contribution < -0.4 is 25.4 Å². The molecular formula is C54H66F3N7O9. The summed E-state index contributed by atoms with van der Waals surface area (Å²) in [5.41, 5.74) is -0.687. The lowest BCUT2D eigenvalue weighted by atomic mass is 9.49. The number of rotatable bonds is 17. The van der Waals surface area contributed by atoms with Crippen LogP contribution in [0.1, 0.15) is 100 Å². The lowest BCUT2D eigenvalue weighted by molar-refractivity contribution is -0.164. The van der Waals surface area contributed by atoms with E-state index in [4.69, 9.17) is 23.9 Å². The molecule has 3 aliphatic rings. The number of benzene rings is 3. The van der Waals surface area contributed by atoms with Crippen molar-refractivity contribution < 1.29 is 56.1 Å². The van der Waals surface area contributed by atoms with E-state index in [-0.39, 0.29) is 62.4 Å². The Hall–Kier alpha value is -6.49. The standard InChI is InChI=1S/C54H66F3N7O9/c1-32-44(72-31-60-32)34-11-9-33(10-12-34)28-59-47(68)42-25-37(65)29-64(42)48(69)45(51(2,3)4)61-43(66)30-63-21-19-39(20-22-63)71-24-23-70-38-16-13-35(14-17-38)46(67)62-49-52(5,6)50(53(49,7)8)73-40-18-15-36(27-58)41(26-40)54(55,56)57/h9-18,26,31,37,39,42,45,49-50,65H,19-25,28-30H2,1-8H3,(H,59,68)(H,61,66)(H,62,67)/t37-,42+,45-,49-,50-/m1/s1. The molecule has 1 aromatic heterocycles. The van der Waals surface area contributed by atoms with Crippen LogP contribution in [0.3, 0.4) is 0 Å². The van der Waals surface area contributed by atoms with Crippen LogP contribution in [0, 0.1) is 34.5 Å². The third-order valence-corrected chi connectivity index (χ3v) is 14.2. The third-order valence-electron chi connectivity index (χ3n) is 14.2. The fourth-order valence-corrected chi connectivity index (χ4v) is 10.6. The number of halogens is 3. The van der Waals surface area contributed by atoms with Crippen molar-refractivity contribution in [1.29, 1.82) is 5.26 Å². The molecule has 392 valence electrons. The lowest BCUT2D eigenvalue weighted by Gasteiger charge is -2.63. The summed E-state index contributed by atoms with van der Waals surface area (Å²) < 4.78 is 64.4. The zero-order valence-electron chi connectivity index (χ0n) is 42.6. The quantitative estimate of drug-likeness (QED) is 0.0804. The summed E-state index contributed by atoms with van der Waals surface area (Å²) in [6.07, 6.45) is -3.36. The first-order chi connectivity index (χ1) is 34.4. The second-order valence-corrected chi connectivity index (χ2v) is 21.5. The predicted octanol–water partition coefficient (Wildman–Crippen LogP) is 6.82. The zero-order valence-corrected chi connectivity index (χ0v) is 42.6. The van der Waals surface area contributed by atoms with Crippen LogP contribution >= 0.6 is 0 Å². The summed E-state index contributed by atoms with van der Waals surface area (Å²) in [4.78, 5) is 62.0. The molecule has 0 bridgehead atoms. The summed E-state index contributed by atoms with van der Waals surface area (Å²) >= 11 is 0. The highest BCUT2D eigenvalue weighted by Crippen LogP contribution is 2.56. The molecule has 3 atom stereocenters. The van der Waals surface area contributed by atoms with E-state index in [9.17, 15) is 37.5 Å². The van der Waals surface area contributed by atoms with Gasteiger partial charge in [-0.05, 0) is 73.2 Å². The SMILES string of the molecule is Cc1ncoc1-c1ccc(CNC(=O)[C@@H]2C[C@@H](O)CN2C(=O)[C@@H](NC(=O)CN2CCC(OCCOc3ccc(C(=O)N[C@H]4C(C)(C)[C@H](Oc5ccc(C#N)c(C(F)(F)F)c5)C4(C)C)cc3)CC2)C(C)(C)C)cc1. The average molecular weight is 1010 g/mol. The van der Waals surface area contributed by atoms with Crippen LogP contribution in [0.4, 0.5) is 13.2 Å². The Labute approximate surface area is 423 Å². The number of aliphatic hydroxyl groups excluding tert-OH is 1. The van der Waals surface area contributed by atoms with E-state index in [2.05, 4.69) is 20.9 Å². The van der Waals surface area contributed by atoms with Gasteiger partial charge in [0.2, 0.25) is 17.7 Å². The third kappa shape index (κ3) is 12.7. The van der Waals surface area contributed by atoms with Gasteiger partial charge in [-0.25, -0.2) is 4.98 Å².